The molecule has 2 aromatic carbocycles. The SMILES string of the molecule is Cc1cc(OCc2nc(N)nc(NCCc3ccccc3F)n2)cc(N2CCCC2=O)c1. The summed E-state index contributed by atoms with van der Waals surface area (Å²) in [6.45, 7) is 3.20. The molecule has 3 aromatic rings. The van der Waals surface area contributed by atoms with E-state index in [1.54, 1.807) is 23.1 Å². The minimum atomic E-state index is -0.244. The van der Waals surface area contributed by atoms with Gasteiger partial charge in [0.05, 0.1) is 0 Å². The van der Waals surface area contributed by atoms with Gasteiger partial charge in [0.25, 0.3) is 0 Å². The van der Waals surface area contributed by atoms with E-state index in [-0.39, 0.29) is 24.3 Å². The van der Waals surface area contributed by atoms with Crippen molar-refractivity contribution in [2.24, 2.45) is 0 Å². The standard InChI is InChI=1S/C23H25FN6O2/c1-15-11-17(30-10-4-7-21(30)31)13-18(12-15)32-14-20-27-22(25)29-23(28-20)26-9-8-16-5-2-3-6-19(16)24/h2-3,5-6,11-13H,4,7-10,14H2,1H3,(H3,25,26,27,28,29). The number of halogens is 1. The van der Waals surface area contributed by atoms with E-state index in [0.717, 1.165) is 17.7 Å². The summed E-state index contributed by atoms with van der Waals surface area (Å²) in [5.41, 5.74) is 8.24. The molecule has 1 aliphatic rings. The van der Waals surface area contributed by atoms with Gasteiger partial charge in [-0.2, -0.15) is 15.0 Å². The highest BCUT2D eigenvalue weighted by molar-refractivity contribution is 5.95. The predicted octanol–water partition coefficient (Wildman–Crippen LogP) is 3.26. The van der Waals surface area contributed by atoms with Crippen LogP contribution in [-0.4, -0.2) is 33.9 Å². The Kier molecular flexibility index (Phi) is 6.44. The number of nitrogens with two attached hydrogens (primary N) is 1. The van der Waals surface area contributed by atoms with Gasteiger partial charge in [0.2, 0.25) is 17.8 Å². The Balaban J connectivity index is 1.39. The van der Waals surface area contributed by atoms with Gasteiger partial charge in [-0.3, -0.25) is 4.79 Å². The van der Waals surface area contributed by atoms with E-state index in [2.05, 4.69) is 20.3 Å². The lowest BCUT2D eigenvalue weighted by molar-refractivity contribution is -0.117. The van der Waals surface area contributed by atoms with E-state index < -0.39 is 0 Å². The number of benzene rings is 2. The van der Waals surface area contributed by atoms with Crippen LogP contribution in [0.1, 0.15) is 29.8 Å². The van der Waals surface area contributed by atoms with Crippen molar-refractivity contribution in [1.82, 2.24) is 15.0 Å². The number of nitrogens with one attached hydrogen (secondary N) is 1. The molecular weight excluding hydrogens is 411 g/mol. The first kappa shape index (κ1) is 21.5. The monoisotopic (exact) mass is 436 g/mol. The van der Waals surface area contributed by atoms with Crippen LogP contribution in [0, 0.1) is 12.7 Å². The highest BCUT2D eigenvalue weighted by Crippen LogP contribution is 2.27. The summed E-state index contributed by atoms with van der Waals surface area (Å²) in [6.07, 6.45) is 1.91. The Morgan fingerprint density at radius 1 is 1.19 bits per heavy atom. The molecule has 0 bridgehead atoms. The van der Waals surface area contributed by atoms with E-state index in [4.69, 9.17) is 10.5 Å². The van der Waals surface area contributed by atoms with Gasteiger partial charge in [0.1, 0.15) is 18.2 Å². The fourth-order valence-corrected chi connectivity index (χ4v) is 3.63. The van der Waals surface area contributed by atoms with E-state index >= 15 is 0 Å². The van der Waals surface area contributed by atoms with Gasteiger partial charge in [-0.05, 0) is 49.1 Å². The second-order valence-electron chi connectivity index (χ2n) is 7.64. The summed E-state index contributed by atoms with van der Waals surface area (Å²) >= 11 is 0. The Bertz CT molecular complexity index is 1120. The predicted molar refractivity (Wildman–Crippen MR) is 120 cm³/mol. The van der Waals surface area contributed by atoms with Crippen LogP contribution in [0.2, 0.25) is 0 Å². The fraction of sp³-hybridized carbons (Fsp3) is 0.304. The molecular formula is C23H25FN6O2. The molecule has 4 rings (SSSR count). The average molecular weight is 436 g/mol. The van der Waals surface area contributed by atoms with Gasteiger partial charge in [-0.15, -0.1) is 0 Å². The quantitative estimate of drug-likeness (QED) is 0.558. The van der Waals surface area contributed by atoms with Crippen LogP contribution in [0.15, 0.2) is 42.5 Å². The number of aryl methyl sites for hydroxylation is 1. The summed E-state index contributed by atoms with van der Waals surface area (Å²) in [5, 5.41) is 3.05. The first-order valence-electron chi connectivity index (χ1n) is 10.5. The molecule has 1 fully saturated rings. The normalized spacial score (nSPS) is 13.4. The molecule has 8 nitrogen and oxygen atoms in total. The molecule has 1 aromatic heterocycles. The lowest BCUT2D eigenvalue weighted by Gasteiger charge is -2.18. The molecule has 1 amide bonds. The zero-order chi connectivity index (χ0) is 22.5. The number of rotatable bonds is 8. The Morgan fingerprint density at radius 2 is 2.03 bits per heavy atom. The molecule has 3 N–H and O–H groups in total. The van der Waals surface area contributed by atoms with Crippen molar-refractivity contribution in [3.63, 3.8) is 0 Å². The number of amides is 1. The minimum Gasteiger partial charge on any atom is -0.486 e. The minimum absolute atomic E-state index is 0.0691. The third-order valence-corrected chi connectivity index (χ3v) is 5.12. The Morgan fingerprint density at radius 3 is 2.81 bits per heavy atom. The number of aromatic nitrogens is 3. The molecule has 166 valence electrons. The van der Waals surface area contributed by atoms with E-state index in [9.17, 15) is 9.18 Å². The summed E-state index contributed by atoms with van der Waals surface area (Å²) in [6, 6.07) is 12.3. The van der Waals surface area contributed by atoms with Crippen molar-refractivity contribution in [1.29, 1.82) is 0 Å². The van der Waals surface area contributed by atoms with E-state index in [1.165, 1.54) is 6.07 Å². The van der Waals surface area contributed by atoms with E-state index in [1.807, 2.05) is 25.1 Å². The molecule has 1 aliphatic heterocycles. The van der Waals surface area contributed by atoms with Crippen molar-refractivity contribution in [3.05, 3.63) is 65.2 Å². The largest absolute Gasteiger partial charge is 0.486 e. The third kappa shape index (κ3) is 5.29. The lowest BCUT2D eigenvalue weighted by atomic mass is 10.1. The van der Waals surface area contributed by atoms with Crippen molar-refractivity contribution >= 4 is 23.5 Å². The molecule has 0 spiro atoms. The number of hydrogen-bond donors (Lipinski definition) is 2. The van der Waals surface area contributed by atoms with Crippen LogP contribution < -0.4 is 20.7 Å². The van der Waals surface area contributed by atoms with Gasteiger partial charge in [0.15, 0.2) is 5.82 Å². The Hall–Kier alpha value is -3.75. The number of nitrogen functional groups attached to an aromatic ring is 1. The van der Waals surface area contributed by atoms with Gasteiger partial charge in [0, 0.05) is 31.3 Å². The van der Waals surface area contributed by atoms with Crippen molar-refractivity contribution in [3.8, 4) is 5.75 Å². The number of carbonyl (C=O) groups is 1. The van der Waals surface area contributed by atoms with Crippen LogP contribution in [-0.2, 0) is 17.8 Å². The van der Waals surface area contributed by atoms with E-state index in [0.29, 0.717) is 49.0 Å². The third-order valence-electron chi connectivity index (χ3n) is 5.12. The first-order valence-corrected chi connectivity index (χ1v) is 10.5. The Labute approximate surface area is 185 Å². The van der Waals surface area contributed by atoms with Crippen LogP contribution in [0.5, 0.6) is 5.75 Å². The molecule has 2 heterocycles. The number of carbonyl (C=O) groups excluding carboxylic acids is 1. The maximum Gasteiger partial charge on any atom is 0.227 e. The molecule has 0 unspecified atom stereocenters. The summed E-state index contributed by atoms with van der Waals surface area (Å²) in [7, 11) is 0. The second kappa shape index (κ2) is 9.59. The van der Waals surface area contributed by atoms with Crippen molar-refractivity contribution in [2.45, 2.75) is 32.8 Å². The number of ether oxygens (including phenoxy) is 1. The first-order chi connectivity index (χ1) is 15.5. The highest BCUT2D eigenvalue weighted by Gasteiger charge is 2.22. The zero-order valence-electron chi connectivity index (χ0n) is 17.8. The smallest absolute Gasteiger partial charge is 0.227 e. The van der Waals surface area contributed by atoms with Gasteiger partial charge >= 0.3 is 0 Å². The number of hydrogen-bond acceptors (Lipinski definition) is 7. The molecule has 0 atom stereocenters. The molecule has 0 aliphatic carbocycles. The van der Waals surface area contributed by atoms with Gasteiger partial charge < -0.3 is 20.7 Å². The zero-order valence-corrected chi connectivity index (χ0v) is 17.8. The van der Waals surface area contributed by atoms with Gasteiger partial charge in [-0.25, -0.2) is 4.39 Å². The number of anilines is 3. The van der Waals surface area contributed by atoms with Crippen LogP contribution in [0.25, 0.3) is 0 Å². The fourth-order valence-electron chi connectivity index (χ4n) is 3.63. The molecule has 9 heteroatoms. The average Bonchev–Trinajstić information content (AvgIpc) is 3.19. The van der Waals surface area contributed by atoms with Crippen molar-refractivity contribution in [2.75, 3.05) is 29.0 Å². The summed E-state index contributed by atoms with van der Waals surface area (Å²) in [5.74, 6) is 1.24. The maximum atomic E-state index is 13.8. The molecule has 1 saturated heterocycles. The molecule has 0 radical (unpaired) electrons. The lowest BCUT2D eigenvalue weighted by Crippen LogP contribution is -2.23. The van der Waals surface area contributed by atoms with Crippen LogP contribution >= 0.6 is 0 Å². The number of nitrogens with zero attached hydrogens (tertiary/aromatic N) is 4. The van der Waals surface area contributed by atoms with Gasteiger partial charge in [-0.1, -0.05) is 18.2 Å². The topological polar surface area (TPSA) is 106 Å². The van der Waals surface area contributed by atoms with Crippen LogP contribution in [0.3, 0.4) is 0 Å². The molecule has 0 saturated carbocycles. The second-order valence-corrected chi connectivity index (χ2v) is 7.64. The summed E-state index contributed by atoms with van der Waals surface area (Å²) < 4.78 is 19.6. The molecule has 32 heavy (non-hydrogen) atoms. The van der Waals surface area contributed by atoms with Crippen LogP contribution in [0.4, 0.5) is 22.0 Å². The summed E-state index contributed by atoms with van der Waals surface area (Å²) in [4.78, 5) is 26.4. The maximum absolute atomic E-state index is 13.8. The van der Waals surface area contributed by atoms with Crippen molar-refractivity contribution < 1.29 is 13.9 Å². The highest BCUT2D eigenvalue weighted by atomic mass is 19.1.